The summed E-state index contributed by atoms with van der Waals surface area (Å²) in [5.41, 5.74) is 0.957. The SMILES string of the molecule is CCC(=O)N(Cc1ccc(Cl)cc1)[C@H](C)C(=O)NCCC(C)C. The molecule has 5 heteroatoms. The minimum absolute atomic E-state index is 0.0357. The molecule has 0 bridgehead atoms. The highest BCUT2D eigenvalue weighted by atomic mass is 35.5. The fraction of sp³-hybridized carbons (Fsp3) is 0.556. The summed E-state index contributed by atoms with van der Waals surface area (Å²) in [6, 6.07) is 6.84. The lowest BCUT2D eigenvalue weighted by Crippen LogP contribution is -2.47. The van der Waals surface area contributed by atoms with Crippen molar-refractivity contribution in [2.24, 2.45) is 5.92 Å². The Kier molecular flexibility index (Phi) is 8.10. The lowest BCUT2D eigenvalue weighted by atomic mass is 10.1. The Balaban J connectivity index is 2.74. The second-order valence-electron chi connectivity index (χ2n) is 6.15. The zero-order chi connectivity index (χ0) is 17.4. The third kappa shape index (κ3) is 6.61. The van der Waals surface area contributed by atoms with Crippen molar-refractivity contribution in [3.63, 3.8) is 0 Å². The Morgan fingerprint density at radius 2 is 1.78 bits per heavy atom. The van der Waals surface area contributed by atoms with Crippen LogP contribution in [-0.2, 0) is 16.1 Å². The van der Waals surface area contributed by atoms with E-state index in [0.29, 0.717) is 30.5 Å². The molecule has 0 fully saturated rings. The van der Waals surface area contributed by atoms with E-state index in [1.54, 1.807) is 30.9 Å². The molecule has 0 spiro atoms. The van der Waals surface area contributed by atoms with Crippen LogP contribution in [0, 0.1) is 5.92 Å². The molecule has 0 aliphatic heterocycles. The maximum atomic E-state index is 12.3. The van der Waals surface area contributed by atoms with Gasteiger partial charge in [-0.05, 0) is 37.0 Å². The van der Waals surface area contributed by atoms with Crippen LogP contribution in [-0.4, -0.2) is 29.3 Å². The molecule has 1 N–H and O–H groups in total. The molecule has 0 aliphatic rings. The maximum Gasteiger partial charge on any atom is 0.242 e. The second-order valence-corrected chi connectivity index (χ2v) is 6.59. The summed E-state index contributed by atoms with van der Waals surface area (Å²) < 4.78 is 0. The van der Waals surface area contributed by atoms with Gasteiger partial charge in [-0.25, -0.2) is 0 Å². The van der Waals surface area contributed by atoms with Crippen molar-refractivity contribution >= 4 is 23.4 Å². The molecule has 1 rings (SSSR count). The van der Waals surface area contributed by atoms with Crippen LogP contribution in [0.5, 0.6) is 0 Å². The van der Waals surface area contributed by atoms with Gasteiger partial charge in [0.1, 0.15) is 6.04 Å². The second kappa shape index (κ2) is 9.56. The molecule has 0 aliphatic carbocycles. The van der Waals surface area contributed by atoms with Crippen LogP contribution in [0.4, 0.5) is 0 Å². The molecule has 128 valence electrons. The third-order valence-corrected chi connectivity index (χ3v) is 4.01. The van der Waals surface area contributed by atoms with E-state index < -0.39 is 6.04 Å². The van der Waals surface area contributed by atoms with Crippen molar-refractivity contribution in [1.29, 1.82) is 0 Å². The predicted octanol–water partition coefficient (Wildman–Crippen LogP) is 3.63. The van der Waals surface area contributed by atoms with Gasteiger partial charge in [-0.3, -0.25) is 9.59 Å². The molecule has 0 heterocycles. The third-order valence-electron chi connectivity index (χ3n) is 3.76. The van der Waals surface area contributed by atoms with E-state index in [0.717, 1.165) is 12.0 Å². The van der Waals surface area contributed by atoms with Crippen LogP contribution in [0.25, 0.3) is 0 Å². The van der Waals surface area contributed by atoms with Gasteiger partial charge < -0.3 is 10.2 Å². The number of nitrogens with zero attached hydrogens (tertiary/aromatic N) is 1. The van der Waals surface area contributed by atoms with Crippen molar-refractivity contribution < 1.29 is 9.59 Å². The fourth-order valence-electron chi connectivity index (χ4n) is 2.20. The van der Waals surface area contributed by atoms with Gasteiger partial charge in [0.05, 0.1) is 0 Å². The molecular formula is C18H27ClN2O2. The molecule has 0 aromatic heterocycles. The summed E-state index contributed by atoms with van der Waals surface area (Å²) in [5.74, 6) is 0.390. The lowest BCUT2D eigenvalue weighted by molar-refractivity contribution is -0.140. The van der Waals surface area contributed by atoms with Gasteiger partial charge in [-0.2, -0.15) is 0 Å². The highest BCUT2D eigenvalue weighted by Gasteiger charge is 2.24. The maximum absolute atomic E-state index is 12.3. The first-order valence-corrected chi connectivity index (χ1v) is 8.54. The first-order chi connectivity index (χ1) is 10.8. The molecule has 23 heavy (non-hydrogen) atoms. The summed E-state index contributed by atoms with van der Waals surface area (Å²) in [6.07, 6.45) is 1.30. The number of carbonyl (C=O) groups is 2. The van der Waals surface area contributed by atoms with E-state index in [1.807, 2.05) is 12.1 Å². The molecule has 1 atom stereocenters. The van der Waals surface area contributed by atoms with Crippen LogP contribution >= 0.6 is 11.6 Å². The summed E-state index contributed by atoms with van der Waals surface area (Å²) in [7, 11) is 0. The number of rotatable bonds is 8. The van der Waals surface area contributed by atoms with Crippen LogP contribution in [0.15, 0.2) is 24.3 Å². The Morgan fingerprint density at radius 1 is 1.17 bits per heavy atom. The average molecular weight is 339 g/mol. The van der Waals surface area contributed by atoms with Gasteiger partial charge in [-0.15, -0.1) is 0 Å². The fourth-order valence-corrected chi connectivity index (χ4v) is 2.33. The van der Waals surface area contributed by atoms with Crippen LogP contribution in [0.2, 0.25) is 5.02 Å². The van der Waals surface area contributed by atoms with E-state index >= 15 is 0 Å². The number of hydrogen-bond donors (Lipinski definition) is 1. The lowest BCUT2D eigenvalue weighted by Gasteiger charge is -2.28. The highest BCUT2D eigenvalue weighted by molar-refractivity contribution is 6.30. The van der Waals surface area contributed by atoms with Crippen LogP contribution < -0.4 is 5.32 Å². The van der Waals surface area contributed by atoms with Gasteiger partial charge in [-0.1, -0.05) is 44.5 Å². The van der Waals surface area contributed by atoms with Crippen molar-refractivity contribution in [2.45, 2.75) is 53.1 Å². The zero-order valence-corrected chi connectivity index (χ0v) is 15.2. The number of nitrogens with one attached hydrogen (secondary N) is 1. The van der Waals surface area contributed by atoms with Gasteiger partial charge in [0, 0.05) is 24.5 Å². The van der Waals surface area contributed by atoms with Crippen molar-refractivity contribution in [2.75, 3.05) is 6.54 Å². The molecule has 1 aromatic rings. The Bertz CT molecular complexity index is 514. The molecule has 0 saturated heterocycles. The van der Waals surface area contributed by atoms with Gasteiger partial charge in [0.15, 0.2) is 0 Å². The van der Waals surface area contributed by atoms with Crippen molar-refractivity contribution in [3.8, 4) is 0 Å². The number of amides is 2. The molecule has 0 saturated carbocycles. The summed E-state index contributed by atoms with van der Waals surface area (Å²) in [4.78, 5) is 26.2. The Morgan fingerprint density at radius 3 is 2.30 bits per heavy atom. The molecule has 0 radical (unpaired) electrons. The number of halogens is 1. The minimum Gasteiger partial charge on any atom is -0.354 e. The molecular weight excluding hydrogens is 312 g/mol. The Hall–Kier alpha value is -1.55. The van der Waals surface area contributed by atoms with E-state index in [2.05, 4.69) is 19.2 Å². The van der Waals surface area contributed by atoms with E-state index in [4.69, 9.17) is 11.6 Å². The molecule has 2 amide bonds. The largest absolute Gasteiger partial charge is 0.354 e. The topological polar surface area (TPSA) is 49.4 Å². The van der Waals surface area contributed by atoms with Gasteiger partial charge in [0.25, 0.3) is 0 Å². The standard InChI is InChI=1S/C18H27ClN2O2/c1-5-17(22)21(12-15-6-8-16(19)9-7-15)14(4)18(23)20-11-10-13(2)3/h6-9,13-14H,5,10-12H2,1-4H3,(H,20,23)/t14-/m1/s1. The number of benzene rings is 1. The van der Waals surface area contributed by atoms with Gasteiger partial charge >= 0.3 is 0 Å². The zero-order valence-electron chi connectivity index (χ0n) is 14.4. The van der Waals surface area contributed by atoms with Gasteiger partial charge in [0.2, 0.25) is 11.8 Å². The predicted molar refractivity (Wildman–Crippen MR) is 94.2 cm³/mol. The average Bonchev–Trinajstić information content (AvgIpc) is 2.52. The van der Waals surface area contributed by atoms with Crippen molar-refractivity contribution in [3.05, 3.63) is 34.9 Å². The summed E-state index contributed by atoms with van der Waals surface area (Å²) >= 11 is 5.89. The first kappa shape index (κ1) is 19.5. The molecule has 0 unspecified atom stereocenters. The number of carbonyl (C=O) groups excluding carboxylic acids is 2. The first-order valence-electron chi connectivity index (χ1n) is 8.16. The summed E-state index contributed by atoms with van der Waals surface area (Å²) in [5, 5.41) is 3.57. The summed E-state index contributed by atoms with van der Waals surface area (Å²) in [6.45, 7) is 8.85. The van der Waals surface area contributed by atoms with Crippen LogP contribution in [0.3, 0.4) is 0 Å². The monoisotopic (exact) mass is 338 g/mol. The normalized spacial score (nSPS) is 12.1. The van der Waals surface area contributed by atoms with Crippen molar-refractivity contribution in [1.82, 2.24) is 10.2 Å². The molecule has 4 nitrogen and oxygen atoms in total. The minimum atomic E-state index is -0.495. The number of hydrogen-bond acceptors (Lipinski definition) is 2. The van der Waals surface area contributed by atoms with E-state index in [9.17, 15) is 9.59 Å². The van der Waals surface area contributed by atoms with E-state index in [-0.39, 0.29) is 11.8 Å². The Labute approximate surface area is 144 Å². The van der Waals surface area contributed by atoms with Crippen LogP contribution in [0.1, 0.15) is 46.1 Å². The highest BCUT2D eigenvalue weighted by Crippen LogP contribution is 2.14. The molecule has 1 aromatic carbocycles. The smallest absolute Gasteiger partial charge is 0.242 e. The quantitative estimate of drug-likeness (QED) is 0.786. The van der Waals surface area contributed by atoms with E-state index in [1.165, 1.54) is 0 Å².